The summed E-state index contributed by atoms with van der Waals surface area (Å²) < 4.78 is 10.1. The van der Waals surface area contributed by atoms with Gasteiger partial charge >= 0.3 is 11.9 Å². The van der Waals surface area contributed by atoms with E-state index in [2.05, 4.69) is 5.92 Å². The van der Waals surface area contributed by atoms with Crippen molar-refractivity contribution in [3.05, 3.63) is 0 Å². The molecule has 0 amide bonds. The predicted octanol–water partition coefficient (Wildman–Crippen LogP) is 2.45. The maximum absolute atomic E-state index is 11.5. The average Bonchev–Trinajstić information content (AvgIpc) is 2.35. The molecule has 18 heavy (non-hydrogen) atoms. The third-order valence-electron chi connectivity index (χ3n) is 2.44. The first kappa shape index (κ1) is 16.5. The Morgan fingerprint density at radius 3 is 2.17 bits per heavy atom. The fourth-order valence-corrected chi connectivity index (χ4v) is 1.41. The Kier molecular flexibility index (Phi) is 8.73. The Morgan fingerprint density at radius 1 is 1.17 bits per heavy atom. The van der Waals surface area contributed by atoms with Gasteiger partial charge in [-0.25, -0.2) is 0 Å². The highest BCUT2D eigenvalue weighted by atomic mass is 16.5. The molecule has 0 aliphatic rings. The number of hydrogen-bond donors (Lipinski definition) is 0. The summed E-state index contributed by atoms with van der Waals surface area (Å²) >= 11 is 0. The molecule has 0 aromatic carbocycles. The lowest BCUT2D eigenvalue weighted by molar-refractivity contribution is -0.154. The van der Waals surface area contributed by atoms with Crippen molar-refractivity contribution >= 4 is 11.9 Å². The highest BCUT2D eigenvalue weighted by Crippen LogP contribution is 2.08. The van der Waals surface area contributed by atoms with Gasteiger partial charge in [0.1, 0.15) is 6.10 Å². The molecule has 0 aromatic heterocycles. The normalized spacial score (nSPS) is 13.2. The number of carbonyl (C=O) groups is 2. The molecule has 0 aromatic rings. The van der Waals surface area contributed by atoms with Crippen LogP contribution in [0, 0.1) is 12.3 Å². The van der Waals surface area contributed by atoms with Crippen LogP contribution in [-0.2, 0) is 19.1 Å². The Hall–Kier alpha value is -1.50. The van der Waals surface area contributed by atoms with E-state index in [1.54, 1.807) is 6.92 Å². The highest BCUT2D eigenvalue weighted by Gasteiger charge is 2.14. The van der Waals surface area contributed by atoms with Gasteiger partial charge in [-0.05, 0) is 19.8 Å². The van der Waals surface area contributed by atoms with Crippen molar-refractivity contribution in [2.24, 2.45) is 0 Å². The third kappa shape index (κ3) is 7.72. The number of rotatable bonds is 8. The Labute approximate surface area is 109 Å². The summed E-state index contributed by atoms with van der Waals surface area (Å²) in [5, 5.41) is 0. The molecule has 0 rings (SSSR count). The standard InChI is InChI=1S/C14H22O4/c1-5-8-12(7-3)18-14(16)10-9-13(15)17-11(4)6-2/h2,11-12H,5,7-10H2,1,3-4H3. The zero-order valence-corrected chi connectivity index (χ0v) is 11.4. The average molecular weight is 254 g/mol. The first-order valence-corrected chi connectivity index (χ1v) is 6.38. The first-order valence-electron chi connectivity index (χ1n) is 6.38. The van der Waals surface area contributed by atoms with Crippen molar-refractivity contribution in [3.8, 4) is 12.3 Å². The van der Waals surface area contributed by atoms with Crippen molar-refractivity contribution in [3.63, 3.8) is 0 Å². The van der Waals surface area contributed by atoms with Crippen LogP contribution in [0.4, 0.5) is 0 Å². The van der Waals surface area contributed by atoms with Crippen molar-refractivity contribution in [1.29, 1.82) is 0 Å². The van der Waals surface area contributed by atoms with Gasteiger partial charge in [0.15, 0.2) is 6.10 Å². The second-order valence-electron chi connectivity index (χ2n) is 4.11. The third-order valence-corrected chi connectivity index (χ3v) is 2.44. The molecule has 0 fully saturated rings. The number of ether oxygens (including phenoxy) is 2. The van der Waals surface area contributed by atoms with Crippen LogP contribution in [0.15, 0.2) is 0 Å². The van der Waals surface area contributed by atoms with Crippen LogP contribution in [0.1, 0.15) is 52.9 Å². The highest BCUT2D eigenvalue weighted by molar-refractivity contribution is 5.77. The van der Waals surface area contributed by atoms with Crippen LogP contribution in [-0.4, -0.2) is 24.1 Å². The smallest absolute Gasteiger partial charge is 0.307 e. The van der Waals surface area contributed by atoms with Crippen LogP contribution in [0.5, 0.6) is 0 Å². The second kappa shape index (κ2) is 9.52. The molecule has 0 aliphatic heterocycles. The monoisotopic (exact) mass is 254 g/mol. The zero-order chi connectivity index (χ0) is 14.0. The summed E-state index contributed by atoms with van der Waals surface area (Å²) in [6, 6.07) is 0. The van der Waals surface area contributed by atoms with Crippen LogP contribution in [0.3, 0.4) is 0 Å². The summed E-state index contributed by atoms with van der Waals surface area (Å²) in [5.74, 6) is 1.45. The van der Waals surface area contributed by atoms with Crippen molar-refractivity contribution in [2.45, 2.75) is 65.1 Å². The van der Waals surface area contributed by atoms with E-state index < -0.39 is 12.1 Å². The largest absolute Gasteiger partial charge is 0.462 e. The van der Waals surface area contributed by atoms with Gasteiger partial charge in [-0.15, -0.1) is 6.42 Å². The summed E-state index contributed by atoms with van der Waals surface area (Å²) in [4.78, 5) is 22.7. The van der Waals surface area contributed by atoms with Crippen molar-refractivity contribution < 1.29 is 19.1 Å². The van der Waals surface area contributed by atoms with Gasteiger partial charge in [0.05, 0.1) is 12.8 Å². The number of hydrogen-bond acceptors (Lipinski definition) is 4. The Morgan fingerprint density at radius 2 is 1.72 bits per heavy atom. The van der Waals surface area contributed by atoms with E-state index in [0.29, 0.717) is 0 Å². The molecule has 4 heteroatoms. The summed E-state index contributed by atoms with van der Waals surface area (Å²) in [5.41, 5.74) is 0. The van der Waals surface area contributed by atoms with Gasteiger partial charge in [0.2, 0.25) is 0 Å². The molecule has 0 spiro atoms. The van der Waals surface area contributed by atoms with E-state index in [1.165, 1.54) is 0 Å². The van der Waals surface area contributed by atoms with E-state index in [4.69, 9.17) is 15.9 Å². The van der Waals surface area contributed by atoms with Crippen molar-refractivity contribution in [2.75, 3.05) is 0 Å². The number of terminal acetylenes is 1. The van der Waals surface area contributed by atoms with Crippen molar-refractivity contribution in [1.82, 2.24) is 0 Å². The molecule has 0 N–H and O–H groups in total. The molecule has 0 bridgehead atoms. The van der Waals surface area contributed by atoms with Gasteiger partial charge < -0.3 is 9.47 Å². The minimum atomic E-state index is -0.558. The van der Waals surface area contributed by atoms with Crippen LogP contribution in [0.2, 0.25) is 0 Å². The van der Waals surface area contributed by atoms with E-state index in [0.717, 1.165) is 19.3 Å². The van der Waals surface area contributed by atoms with Crippen LogP contribution in [0.25, 0.3) is 0 Å². The van der Waals surface area contributed by atoms with Gasteiger partial charge in [0.25, 0.3) is 0 Å². The molecular weight excluding hydrogens is 232 g/mol. The summed E-state index contributed by atoms with van der Waals surface area (Å²) in [7, 11) is 0. The lowest BCUT2D eigenvalue weighted by Gasteiger charge is -2.15. The molecule has 0 radical (unpaired) electrons. The lowest BCUT2D eigenvalue weighted by atomic mass is 10.1. The predicted molar refractivity (Wildman–Crippen MR) is 68.7 cm³/mol. The molecule has 0 aliphatic carbocycles. The number of esters is 2. The quantitative estimate of drug-likeness (QED) is 0.493. The molecule has 2 unspecified atom stereocenters. The van der Waals surface area contributed by atoms with Gasteiger partial charge in [-0.3, -0.25) is 9.59 Å². The van der Waals surface area contributed by atoms with Gasteiger partial charge in [-0.1, -0.05) is 26.2 Å². The van der Waals surface area contributed by atoms with E-state index in [-0.39, 0.29) is 24.9 Å². The maximum atomic E-state index is 11.5. The molecule has 0 heterocycles. The fraction of sp³-hybridized carbons (Fsp3) is 0.714. The minimum absolute atomic E-state index is 0.00735. The fourth-order valence-electron chi connectivity index (χ4n) is 1.41. The number of carbonyl (C=O) groups excluding carboxylic acids is 2. The Bertz CT molecular complexity index is 303. The molecule has 4 nitrogen and oxygen atoms in total. The minimum Gasteiger partial charge on any atom is -0.462 e. The molecule has 0 saturated carbocycles. The summed E-state index contributed by atoms with van der Waals surface area (Å²) in [6.45, 7) is 5.61. The molecular formula is C14H22O4. The topological polar surface area (TPSA) is 52.6 Å². The van der Waals surface area contributed by atoms with Gasteiger partial charge in [-0.2, -0.15) is 0 Å². The molecule has 2 atom stereocenters. The lowest BCUT2D eigenvalue weighted by Crippen LogP contribution is -2.19. The zero-order valence-electron chi connectivity index (χ0n) is 11.4. The Balaban J connectivity index is 3.89. The molecule has 0 saturated heterocycles. The SMILES string of the molecule is C#CC(C)OC(=O)CCC(=O)OC(CC)CCC. The van der Waals surface area contributed by atoms with E-state index in [9.17, 15) is 9.59 Å². The van der Waals surface area contributed by atoms with E-state index >= 15 is 0 Å². The van der Waals surface area contributed by atoms with Crippen LogP contribution < -0.4 is 0 Å². The second-order valence-corrected chi connectivity index (χ2v) is 4.11. The summed E-state index contributed by atoms with van der Waals surface area (Å²) in [6.07, 6.45) is 7.11. The van der Waals surface area contributed by atoms with Gasteiger partial charge in [0, 0.05) is 0 Å². The first-order chi connectivity index (χ1) is 8.53. The molecule has 102 valence electrons. The maximum Gasteiger partial charge on any atom is 0.307 e. The van der Waals surface area contributed by atoms with E-state index in [1.807, 2.05) is 13.8 Å². The van der Waals surface area contributed by atoms with Crippen LogP contribution >= 0.6 is 0 Å².